The van der Waals surface area contributed by atoms with Crippen LogP contribution in [0.15, 0.2) is 60.8 Å². The number of nitrogens with zero attached hydrogens (tertiary/aromatic N) is 4. The topological polar surface area (TPSA) is 111 Å². The molecule has 1 amide bonds. The highest BCUT2D eigenvalue weighted by Crippen LogP contribution is 2.23. The number of hydrogen-bond acceptors (Lipinski definition) is 6. The molecule has 1 aliphatic heterocycles. The van der Waals surface area contributed by atoms with Crippen LogP contribution in [0.4, 0.5) is 5.82 Å². The van der Waals surface area contributed by atoms with Gasteiger partial charge in [0.25, 0.3) is 0 Å². The number of para-hydroxylation sites is 1. The maximum Gasteiger partial charge on any atom is 0.239 e. The molecule has 2 N–H and O–H groups in total. The van der Waals surface area contributed by atoms with Crippen LogP contribution in [-0.2, 0) is 4.79 Å². The van der Waals surface area contributed by atoms with Crippen molar-refractivity contribution in [3.8, 4) is 17.5 Å². The Morgan fingerprint density at radius 2 is 1.78 bits per heavy atom. The zero-order valence-electron chi connectivity index (χ0n) is 17.4. The number of amides is 1. The molecule has 0 bridgehead atoms. The van der Waals surface area contributed by atoms with E-state index < -0.39 is 0 Å². The molecular formula is C24H23N5O3. The lowest BCUT2D eigenvalue weighted by Crippen LogP contribution is -2.41. The molecule has 0 aliphatic carbocycles. The Bertz CT molecular complexity index is 1140. The number of carbonyl (C=O) groups excluding carboxylic acids is 2. The lowest BCUT2D eigenvalue weighted by atomic mass is 9.89. The lowest BCUT2D eigenvalue weighted by Gasteiger charge is -2.30. The molecule has 2 aromatic carbocycles. The van der Waals surface area contributed by atoms with Crippen LogP contribution in [-0.4, -0.2) is 51.1 Å². The molecule has 8 nitrogen and oxygen atoms in total. The van der Waals surface area contributed by atoms with Gasteiger partial charge in [-0.1, -0.05) is 18.2 Å². The number of aromatic nitrogens is 2. The summed E-state index contributed by atoms with van der Waals surface area (Å²) in [6.45, 7) is 1.43. The van der Waals surface area contributed by atoms with Crippen LogP contribution in [0.5, 0.6) is 5.75 Å². The van der Waals surface area contributed by atoms with Gasteiger partial charge in [0.05, 0.1) is 18.4 Å². The number of phenolic OH excluding ortho intramolecular Hbond substituents is 1. The summed E-state index contributed by atoms with van der Waals surface area (Å²) >= 11 is 0. The largest absolute Gasteiger partial charge is 0.508 e. The molecule has 1 aliphatic rings. The zero-order chi connectivity index (χ0) is 22.5. The number of rotatable bonds is 6. The molecule has 0 saturated carbocycles. The van der Waals surface area contributed by atoms with Gasteiger partial charge < -0.3 is 10.4 Å². The van der Waals surface area contributed by atoms with Gasteiger partial charge in [0.15, 0.2) is 11.6 Å². The molecule has 8 heteroatoms. The summed E-state index contributed by atoms with van der Waals surface area (Å²) in [4.78, 5) is 27.4. The Kier molecular flexibility index (Phi) is 6.29. The molecule has 32 heavy (non-hydrogen) atoms. The second kappa shape index (κ2) is 9.45. The average molecular weight is 429 g/mol. The standard InChI is InChI=1S/C24H23N5O3/c25-14-19-15-26-29(20-4-2-1-3-5-20)24(19)27-22(31)16-28-12-10-18(11-13-28)23(32)17-6-8-21(30)9-7-17/h1-9,15,18,30H,10-13,16H2,(H,27,31). The second-order valence-corrected chi connectivity index (χ2v) is 7.78. The van der Waals surface area contributed by atoms with Gasteiger partial charge in [-0.25, -0.2) is 4.68 Å². The number of anilines is 1. The fourth-order valence-corrected chi connectivity index (χ4v) is 3.90. The Morgan fingerprint density at radius 1 is 1.09 bits per heavy atom. The number of Topliss-reactive ketones (excluding diaryl/α,β-unsaturated/α-hetero) is 1. The molecule has 0 unspecified atom stereocenters. The normalized spacial score (nSPS) is 14.6. The number of phenols is 1. The maximum absolute atomic E-state index is 12.7. The van der Waals surface area contributed by atoms with Crippen LogP contribution in [0, 0.1) is 17.2 Å². The minimum atomic E-state index is -0.234. The number of hydrogen-bond donors (Lipinski definition) is 2. The first-order valence-electron chi connectivity index (χ1n) is 10.4. The molecule has 2 heterocycles. The van der Waals surface area contributed by atoms with E-state index in [1.165, 1.54) is 18.3 Å². The molecule has 0 spiro atoms. The van der Waals surface area contributed by atoms with Gasteiger partial charge in [0, 0.05) is 11.5 Å². The van der Waals surface area contributed by atoms with Gasteiger partial charge in [0.2, 0.25) is 5.91 Å². The second-order valence-electron chi connectivity index (χ2n) is 7.78. The highest BCUT2D eigenvalue weighted by molar-refractivity contribution is 5.98. The Hall–Kier alpha value is -3.96. The first-order chi connectivity index (χ1) is 15.5. The van der Waals surface area contributed by atoms with Crippen LogP contribution in [0.1, 0.15) is 28.8 Å². The van der Waals surface area contributed by atoms with Crippen LogP contribution < -0.4 is 5.32 Å². The SMILES string of the molecule is N#Cc1cnn(-c2ccccc2)c1NC(=O)CN1CCC(C(=O)c2ccc(O)cc2)CC1. The van der Waals surface area contributed by atoms with Crippen molar-refractivity contribution in [2.75, 3.05) is 25.0 Å². The van der Waals surface area contributed by atoms with E-state index in [-0.39, 0.29) is 29.9 Å². The number of carbonyl (C=O) groups is 2. The Labute approximate surface area is 185 Å². The lowest BCUT2D eigenvalue weighted by molar-refractivity contribution is -0.117. The molecule has 1 saturated heterocycles. The molecule has 3 aromatic rings. The molecule has 0 atom stereocenters. The average Bonchev–Trinajstić information content (AvgIpc) is 3.22. The molecule has 0 radical (unpaired) electrons. The Balaban J connectivity index is 1.35. The van der Waals surface area contributed by atoms with Crippen molar-refractivity contribution in [1.29, 1.82) is 5.26 Å². The van der Waals surface area contributed by atoms with Crippen molar-refractivity contribution in [1.82, 2.24) is 14.7 Å². The first-order valence-corrected chi connectivity index (χ1v) is 10.4. The number of piperidine rings is 1. The number of aromatic hydroxyl groups is 1. The molecule has 162 valence electrons. The van der Waals surface area contributed by atoms with Crippen molar-refractivity contribution in [2.24, 2.45) is 5.92 Å². The maximum atomic E-state index is 12.7. The third-order valence-electron chi connectivity index (χ3n) is 5.63. The number of benzene rings is 2. The van der Waals surface area contributed by atoms with Crippen LogP contribution >= 0.6 is 0 Å². The third kappa shape index (κ3) is 4.68. The van der Waals surface area contributed by atoms with Gasteiger partial charge in [-0.3, -0.25) is 14.5 Å². The van der Waals surface area contributed by atoms with Crippen molar-refractivity contribution < 1.29 is 14.7 Å². The van der Waals surface area contributed by atoms with E-state index in [0.717, 1.165) is 5.69 Å². The summed E-state index contributed by atoms with van der Waals surface area (Å²) in [5.41, 5.74) is 1.63. The van der Waals surface area contributed by atoms with E-state index in [1.807, 2.05) is 35.2 Å². The predicted molar refractivity (Wildman–Crippen MR) is 119 cm³/mol. The quantitative estimate of drug-likeness (QED) is 0.583. The Morgan fingerprint density at radius 3 is 2.44 bits per heavy atom. The molecule has 4 rings (SSSR count). The summed E-state index contributed by atoms with van der Waals surface area (Å²) in [5.74, 6) is 0.224. The minimum absolute atomic E-state index is 0.0690. The number of likely N-dealkylation sites (tertiary alicyclic amines) is 1. The van der Waals surface area contributed by atoms with E-state index >= 15 is 0 Å². The number of ketones is 1. The van der Waals surface area contributed by atoms with Gasteiger partial charge in [-0.15, -0.1) is 0 Å². The highest BCUT2D eigenvalue weighted by Gasteiger charge is 2.27. The van der Waals surface area contributed by atoms with Crippen molar-refractivity contribution in [2.45, 2.75) is 12.8 Å². The van der Waals surface area contributed by atoms with Crippen LogP contribution in [0.3, 0.4) is 0 Å². The monoisotopic (exact) mass is 429 g/mol. The van der Waals surface area contributed by atoms with E-state index in [1.54, 1.807) is 16.8 Å². The molecule has 1 fully saturated rings. The van der Waals surface area contributed by atoms with Crippen molar-refractivity contribution >= 4 is 17.5 Å². The van der Waals surface area contributed by atoms with Gasteiger partial charge in [0.1, 0.15) is 17.4 Å². The molecular weight excluding hydrogens is 406 g/mol. The van der Waals surface area contributed by atoms with E-state index in [4.69, 9.17) is 0 Å². The van der Waals surface area contributed by atoms with E-state index in [2.05, 4.69) is 16.5 Å². The summed E-state index contributed by atoms with van der Waals surface area (Å²) < 4.78 is 1.54. The van der Waals surface area contributed by atoms with E-state index in [9.17, 15) is 20.0 Å². The zero-order valence-corrected chi connectivity index (χ0v) is 17.4. The van der Waals surface area contributed by atoms with Gasteiger partial charge in [-0.2, -0.15) is 10.4 Å². The number of nitriles is 1. The summed E-state index contributed by atoms with van der Waals surface area (Å²) in [6.07, 6.45) is 2.76. The summed E-state index contributed by atoms with van der Waals surface area (Å²) in [6, 6.07) is 17.7. The fraction of sp³-hybridized carbons (Fsp3) is 0.250. The highest BCUT2D eigenvalue weighted by atomic mass is 16.3. The van der Waals surface area contributed by atoms with Crippen molar-refractivity contribution in [3.63, 3.8) is 0 Å². The smallest absolute Gasteiger partial charge is 0.239 e. The predicted octanol–water partition coefficient (Wildman–Crippen LogP) is 2.98. The van der Waals surface area contributed by atoms with Crippen molar-refractivity contribution in [3.05, 3.63) is 71.9 Å². The third-order valence-corrected chi connectivity index (χ3v) is 5.63. The summed E-state index contributed by atoms with van der Waals surface area (Å²) in [5, 5.41) is 25.8. The fourth-order valence-electron chi connectivity index (χ4n) is 3.90. The van der Waals surface area contributed by atoms with Gasteiger partial charge >= 0.3 is 0 Å². The van der Waals surface area contributed by atoms with E-state index in [0.29, 0.717) is 42.9 Å². The molecule has 1 aromatic heterocycles. The summed E-state index contributed by atoms with van der Waals surface area (Å²) in [7, 11) is 0. The van der Waals surface area contributed by atoms with Crippen LogP contribution in [0.25, 0.3) is 5.69 Å². The van der Waals surface area contributed by atoms with Gasteiger partial charge in [-0.05, 0) is 62.3 Å². The first kappa shape index (κ1) is 21.3. The van der Waals surface area contributed by atoms with Crippen LogP contribution in [0.2, 0.25) is 0 Å². The minimum Gasteiger partial charge on any atom is -0.508 e. The number of nitrogens with one attached hydrogen (secondary N) is 1.